The summed E-state index contributed by atoms with van der Waals surface area (Å²) < 4.78 is 1.12. The third kappa shape index (κ3) is 4.46. The lowest BCUT2D eigenvalue weighted by atomic mass is 10.1. The molecule has 100 valence electrons. The van der Waals surface area contributed by atoms with E-state index in [9.17, 15) is 0 Å². The van der Waals surface area contributed by atoms with E-state index in [1.807, 2.05) is 0 Å². The van der Waals surface area contributed by atoms with Crippen LogP contribution in [0.15, 0.2) is 53.0 Å². The van der Waals surface area contributed by atoms with Gasteiger partial charge in [0, 0.05) is 24.1 Å². The number of hydrogen-bond donors (Lipinski definition) is 1. The second-order valence-electron chi connectivity index (χ2n) is 4.82. The van der Waals surface area contributed by atoms with Gasteiger partial charge in [-0.25, -0.2) is 0 Å². The van der Waals surface area contributed by atoms with Crippen molar-refractivity contribution in [2.24, 2.45) is 5.73 Å². The Morgan fingerprint density at radius 2 is 1.58 bits per heavy atom. The van der Waals surface area contributed by atoms with Crippen LogP contribution in [0.2, 0.25) is 0 Å². The maximum Gasteiger partial charge on any atom is 0.0234 e. The van der Waals surface area contributed by atoms with Crippen LogP contribution in [0.5, 0.6) is 0 Å². The molecule has 0 saturated heterocycles. The molecule has 2 aromatic carbocycles. The number of nitrogens with zero attached hydrogens (tertiary/aromatic N) is 1. The highest BCUT2D eigenvalue weighted by atomic mass is 79.9. The van der Waals surface area contributed by atoms with Gasteiger partial charge in [-0.2, -0.15) is 0 Å². The van der Waals surface area contributed by atoms with Crippen molar-refractivity contribution >= 4 is 15.9 Å². The summed E-state index contributed by atoms with van der Waals surface area (Å²) in [7, 11) is 2.14. The summed E-state index contributed by atoms with van der Waals surface area (Å²) in [5.41, 5.74) is 9.49. The van der Waals surface area contributed by atoms with Gasteiger partial charge in [-0.3, -0.25) is 4.90 Å². The van der Waals surface area contributed by atoms with Crippen LogP contribution in [0, 0.1) is 0 Å². The molecule has 0 aromatic heterocycles. The molecule has 0 unspecified atom stereocenters. The van der Waals surface area contributed by atoms with Crippen LogP contribution >= 0.6 is 15.9 Å². The molecular weight excluding hydrogens is 300 g/mol. The van der Waals surface area contributed by atoms with E-state index in [-0.39, 0.29) is 0 Å². The van der Waals surface area contributed by atoms with E-state index in [0.29, 0.717) is 6.54 Å². The summed E-state index contributed by atoms with van der Waals surface area (Å²) >= 11 is 3.46. The molecule has 0 heterocycles. The van der Waals surface area contributed by atoms with E-state index < -0.39 is 0 Å². The van der Waals surface area contributed by atoms with Gasteiger partial charge >= 0.3 is 0 Å². The molecule has 2 rings (SSSR count). The van der Waals surface area contributed by atoms with Crippen LogP contribution in [0.25, 0.3) is 0 Å². The Morgan fingerprint density at radius 3 is 2.26 bits per heavy atom. The minimum Gasteiger partial charge on any atom is -0.326 e. The summed E-state index contributed by atoms with van der Waals surface area (Å²) in [5.74, 6) is 0. The van der Waals surface area contributed by atoms with Gasteiger partial charge in [0.1, 0.15) is 0 Å². The minimum atomic E-state index is 0.601. The summed E-state index contributed by atoms with van der Waals surface area (Å²) in [6.45, 7) is 2.48. The summed E-state index contributed by atoms with van der Waals surface area (Å²) in [6.07, 6.45) is 0. The molecule has 19 heavy (non-hydrogen) atoms. The molecule has 0 radical (unpaired) electrons. The van der Waals surface area contributed by atoms with Crippen molar-refractivity contribution in [3.8, 4) is 0 Å². The Bertz CT molecular complexity index is 523. The molecule has 0 aliphatic heterocycles. The highest BCUT2D eigenvalue weighted by Gasteiger charge is 2.02. The second kappa shape index (κ2) is 6.85. The number of nitrogens with two attached hydrogens (primary N) is 1. The van der Waals surface area contributed by atoms with Crippen LogP contribution < -0.4 is 5.73 Å². The van der Waals surface area contributed by atoms with Gasteiger partial charge < -0.3 is 5.73 Å². The standard InChI is InChI=1S/C16H19BrN2/c1-19(11-13-5-7-16(17)8-6-13)12-15-4-2-3-14(9-15)10-18/h2-9H,10-12,18H2,1H3. The topological polar surface area (TPSA) is 29.3 Å². The molecule has 0 bridgehead atoms. The second-order valence-corrected chi connectivity index (χ2v) is 5.74. The molecule has 2 nitrogen and oxygen atoms in total. The van der Waals surface area contributed by atoms with Gasteiger partial charge in [-0.15, -0.1) is 0 Å². The highest BCUT2D eigenvalue weighted by molar-refractivity contribution is 9.10. The third-order valence-electron chi connectivity index (χ3n) is 3.05. The first-order valence-electron chi connectivity index (χ1n) is 6.38. The van der Waals surface area contributed by atoms with Crippen molar-refractivity contribution in [1.29, 1.82) is 0 Å². The lowest BCUT2D eigenvalue weighted by molar-refractivity contribution is 0.319. The zero-order chi connectivity index (χ0) is 13.7. The average molecular weight is 319 g/mol. The van der Waals surface area contributed by atoms with Gasteiger partial charge in [0.2, 0.25) is 0 Å². The zero-order valence-corrected chi connectivity index (χ0v) is 12.7. The molecular formula is C16H19BrN2. The molecule has 2 aromatic rings. The Labute approximate surface area is 123 Å². The maximum absolute atomic E-state index is 5.67. The van der Waals surface area contributed by atoms with E-state index in [2.05, 4.69) is 76.4 Å². The highest BCUT2D eigenvalue weighted by Crippen LogP contribution is 2.13. The van der Waals surface area contributed by atoms with Crippen molar-refractivity contribution in [2.45, 2.75) is 19.6 Å². The van der Waals surface area contributed by atoms with Crippen LogP contribution in [-0.4, -0.2) is 11.9 Å². The van der Waals surface area contributed by atoms with Crippen molar-refractivity contribution in [3.63, 3.8) is 0 Å². The fourth-order valence-electron chi connectivity index (χ4n) is 2.12. The Kier molecular flexibility index (Phi) is 5.14. The van der Waals surface area contributed by atoms with Crippen LogP contribution in [0.3, 0.4) is 0 Å². The van der Waals surface area contributed by atoms with Crippen LogP contribution in [-0.2, 0) is 19.6 Å². The summed E-state index contributed by atoms with van der Waals surface area (Å²) in [6, 6.07) is 16.9. The maximum atomic E-state index is 5.67. The lowest BCUT2D eigenvalue weighted by Gasteiger charge is -2.17. The quantitative estimate of drug-likeness (QED) is 0.913. The first kappa shape index (κ1) is 14.3. The van der Waals surface area contributed by atoms with Crippen LogP contribution in [0.4, 0.5) is 0 Å². The molecule has 2 N–H and O–H groups in total. The van der Waals surface area contributed by atoms with Gasteiger partial charge in [-0.1, -0.05) is 52.3 Å². The smallest absolute Gasteiger partial charge is 0.0234 e. The van der Waals surface area contributed by atoms with Crippen molar-refractivity contribution in [2.75, 3.05) is 7.05 Å². The van der Waals surface area contributed by atoms with E-state index in [1.54, 1.807) is 0 Å². The van der Waals surface area contributed by atoms with E-state index in [0.717, 1.165) is 17.6 Å². The molecule has 0 aliphatic carbocycles. The number of benzene rings is 2. The fraction of sp³-hybridized carbons (Fsp3) is 0.250. The molecule has 0 spiro atoms. The van der Waals surface area contributed by atoms with Gasteiger partial charge in [-0.05, 0) is 35.9 Å². The van der Waals surface area contributed by atoms with Gasteiger partial charge in [0.05, 0.1) is 0 Å². The van der Waals surface area contributed by atoms with Gasteiger partial charge in [0.15, 0.2) is 0 Å². The minimum absolute atomic E-state index is 0.601. The zero-order valence-electron chi connectivity index (χ0n) is 11.1. The van der Waals surface area contributed by atoms with E-state index in [1.165, 1.54) is 16.7 Å². The normalized spacial score (nSPS) is 10.9. The Balaban J connectivity index is 1.96. The SMILES string of the molecule is CN(Cc1ccc(Br)cc1)Cc1cccc(CN)c1. The average Bonchev–Trinajstić information content (AvgIpc) is 2.41. The first-order valence-corrected chi connectivity index (χ1v) is 7.17. The predicted octanol–water partition coefficient (Wildman–Crippen LogP) is 3.54. The predicted molar refractivity (Wildman–Crippen MR) is 83.6 cm³/mol. The molecule has 3 heteroatoms. The van der Waals surface area contributed by atoms with Crippen molar-refractivity contribution in [3.05, 3.63) is 69.7 Å². The van der Waals surface area contributed by atoms with E-state index >= 15 is 0 Å². The number of hydrogen-bond acceptors (Lipinski definition) is 2. The van der Waals surface area contributed by atoms with Crippen molar-refractivity contribution < 1.29 is 0 Å². The first-order chi connectivity index (χ1) is 9.17. The van der Waals surface area contributed by atoms with Gasteiger partial charge in [0.25, 0.3) is 0 Å². The third-order valence-corrected chi connectivity index (χ3v) is 3.57. The largest absolute Gasteiger partial charge is 0.326 e. The molecule has 0 atom stereocenters. The summed E-state index contributed by atoms with van der Waals surface area (Å²) in [5, 5.41) is 0. The van der Waals surface area contributed by atoms with E-state index in [4.69, 9.17) is 5.73 Å². The fourth-order valence-corrected chi connectivity index (χ4v) is 2.39. The lowest BCUT2D eigenvalue weighted by Crippen LogP contribution is -2.17. The molecule has 0 saturated carbocycles. The van der Waals surface area contributed by atoms with Crippen LogP contribution in [0.1, 0.15) is 16.7 Å². The molecule has 0 fully saturated rings. The summed E-state index contributed by atoms with van der Waals surface area (Å²) in [4.78, 5) is 2.30. The molecule has 0 aliphatic rings. The number of rotatable bonds is 5. The van der Waals surface area contributed by atoms with Crippen molar-refractivity contribution in [1.82, 2.24) is 4.90 Å². The monoisotopic (exact) mass is 318 g/mol. The Morgan fingerprint density at radius 1 is 0.947 bits per heavy atom. The Hall–Kier alpha value is -1.16. The number of halogens is 1. The molecule has 0 amide bonds.